The number of rotatable bonds is 4. The Bertz CT molecular complexity index is 746. The standard InChI is InChI=1S/C15H10BrNO5/c16-14-6-10(3-4-17-14)15(19)20-7-11(18)9-1-2-12-13(5-9)22-8-21-12/h1-6H,7-8H2. The minimum Gasteiger partial charge on any atom is -0.454 e. The molecule has 2 aromatic rings. The zero-order valence-electron chi connectivity index (χ0n) is 11.2. The second-order valence-corrected chi connectivity index (χ2v) is 5.25. The van der Waals surface area contributed by atoms with Crippen molar-refractivity contribution in [1.29, 1.82) is 0 Å². The molecule has 0 fully saturated rings. The number of fused-ring (bicyclic) bond motifs is 1. The zero-order valence-corrected chi connectivity index (χ0v) is 12.8. The van der Waals surface area contributed by atoms with Crippen molar-refractivity contribution in [2.75, 3.05) is 13.4 Å². The first-order valence-electron chi connectivity index (χ1n) is 6.35. The number of carbonyl (C=O) groups is 2. The van der Waals surface area contributed by atoms with E-state index in [0.29, 0.717) is 27.2 Å². The van der Waals surface area contributed by atoms with Crippen LogP contribution in [0.1, 0.15) is 20.7 Å². The van der Waals surface area contributed by atoms with E-state index in [1.807, 2.05) is 0 Å². The summed E-state index contributed by atoms with van der Waals surface area (Å²) < 4.78 is 15.9. The van der Waals surface area contributed by atoms with Gasteiger partial charge in [0.05, 0.1) is 5.56 Å². The van der Waals surface area contributed by atoms with Gasteiger partial charge in [0.25, 0.3) is 0 Å². The molecule has 1 aliphatic heterocycles. The smallest absolute Gasteiger partial charge is 0.338 e. The zero-order chi connectivity index (χ0) is 15.5. The number of benzene rings is 1. The Labute approximate surface area is 134 Å². The molecule has 0 atom stereocenters. The molecule has 112 valence electrons. The Hall–Kier alpha value is -2.41. The maximum absolute atomic E-state index is 12.1. The normalized spacial score (nSPS) is 12.0. The third-order valence-electron chi connectivity index (χ3n) is 2.99. The average molecular weight is 364 g/mol. The van der Waals surface area contributed by atoms with E-state index in [9.17, 15) is 9.59 Å². The van der Waals surface area contributed by atoms with Gasteiger partial charge in [-0.2, -0.15) is 0 Å². The van der Waals surface area contributed by atoms with Gasteiger partial charge < -0.3 is 14.2 Å². The highest BCUT2D eigenvalue weighted by Crippen LogP contribution is 2.32. The van der Waals surface area contributed by atoms with E-state index >= 15 is 0 Å². The molecule has 1 aliphatic rings. The largest absolute Gasteiger partial charge is 0.454 e. The van der Waals surface area contributed by atoms with E-state index in [4.69, 9.17) is 14.2 Å². The quantitative estimate of drug-likeness (QED) is 0.472. The molecule has 0 bridgehead atoms. The van der Waals surface area contributed by atoms with Crippen LogP contribution >= 0.6 is 15.9 Å². The van der Waals surface area contributed by atoms with Crippen LogP contribution < -0.4 is 9.47 Å². The highest BCUT2D eigenvalue weighted by atomic mass is 79.9. The van der Waals surface area contributed by atoms with Gasteiger partial charge in [0.2, 0.25) is 6.79 Å². The Kier molecular flexibility index (Phi) is 4.06. The van der Waals surface area contributed by atoms with E-state index in [1.54, 1.807) is 18.2 Å². The molecule has 0 saturated heterocycles. The van der Waals surface area contributed by atoms with Crippen LogP contribution in [0.2, 0.25) is 0 Å². The summed E-state index contributed by atoms with van der Waals surface area (Å²) in [7, 11) is 0. The minimum atomic E-state index is -0.586. The number of Topliss-reactive ketones (excluding diaryl/α,β-unsaturated/α-hetero) is 1. The first kappa shape index (κ1) is 14.5. The summed E-state index contributed by atoms with van der Waals surface area (Å²) in [5.41, 5.74) is 0.716. The molecule has 0 saturated carbocycles. The number of aromatic nitrogens is 1. The van der Waals surface area contributed by atoms with Crippen molar-refractivity contribution in [3.05, 3.63) is 52.3 Å². The van der Waals surface area contributed by atoms with Crippen LogP contribution in [-0.4, -0.2) is 30.1 Å². The van der Waals surface area contributed by atoms with Crippen LogP contribution in [0.3, 0.4) is 0 Å². The third-order valence-corrected chi connectivity index (χ3v) is 3.42. The number of hydrogen-bond acceptors (Lipinski definition) is 6. The molecule has 22 heavy (non-hydrogen) atoms. The number of esters is 1. The van der Waals surface area contributed by atoms with Crippen LogP contribution in [-0.2, 0) is 4.74 Å². The summed E-state index contributed by atoms with van der Waals surface area (Å²) in [5, 5.41) is 0. The molecule has 1 aromatic heterocycles. The van der Waals surface area contributed by atoms with Gasteiger partial charge in [-0.3, -0.25) is 4.79 Å². The Morgan fingerprint density at radius 1 is 1.14 bits per heavy atom. The highest BCUT2D eigenvalue weighted by Gasteiger charge is 2.17. The van der Waals surface area contributed by atoms with Crippen molar-refractivity contribution >= 4 is 27.7 Å². The molecular weight excluding hydrogens is 354 g/mol. The summed E-state index contributed by atoms with van der Waals surface area (Å²) >= 11 is 3.16. The van der Waals surface area contributed by atoms with E-state index in [0.717, 1.165) is 0 Å². The third kappa shape index (κ3) is 3.09. The molecule has 0 unspecified atom stereocenters. The van der Waals surface area contributed by atoms with Crippen molar-refractivity contribution in [1.82, 2.24) is 4.98 Å². The Balaban J connectivity index is 1.64. The van der Waals surface area contributed by atoms with E-state index in [1.165, 1.54) is 18.3 Å². The molecule has 0 spiro atoms. The first-order chi connectivity index (χ1) is 10.6. The SMILES string of the molecule is O=C(COC(=O)c1ccnc(Br)c1)c1ccc2c(c1)OCO2. The summed E-state index contributed by atoms with van der Waals surface area (Å²) in [6.07, 6.45) is 1.47. The van der Waals surface area contributed by atoms with E-state index in [2.05, 4.69) is 20.9 Å². The lowest BCUT2D eigenvalue weighted by Gasteiger charge is -2.05. The van der Waals surface area contributed by atoms with Crippen molar-refractivity contribution in [2.24, 2.45) is 0 Å². The molecule has 3 rings (SSSR count). The van der Waals surface area contributed by atoms with Crippen LogP contribution in [0.15, 0.2) is 41.1 Å². The van der Waals surface area contributed by atoms with Crippen LogP contribution in [0, 0.1) is 0 Å². The van der Waals surface area contributed by atoms with Gasteiger partial charge in [-0.25, -0.2) is 9.78 Å². The molecule has 6 nitrogen and oxygen atoms in total. The second-order valence-electron chi connectivity index (χ2n) is 4.43. The predicted octanol–water partition coefficient (Wildman–Crippen LogP) is 2.61. The van der Waals surface area contributed by atoms with E-state index in [-0.39, 0.29) is 19.2 Å². The topological polar surface area (TPSA) is 74.7 Å². The highest BCUT2D eigenvalue weighted by molar-refractivity contribution is 9.10. The van der Waals surface area contributed by atoms with Crippen LogP contribution in [0.5, 0.6) is 11.5 Å². The van der Waals surface area contributed by atoms with Gasteiger partial charge >= 0.3 is 5.97 Å². The fraction of sp³-hybridized carbons (Fsp3) is 0.133. The van der Waals surface area contributed by atoms with Gasteiger partial charge in [-0.15, -0.1) is 0 Å². The molecule has 0 N–H and O–H groups in total. The maximum atomic E-state index is 12.1. The fourth-order valence-electron chi connectivity index (χ4n) is 1.90. The predicted molar refractivity (Wildman–Crippen MR) is 79.1 cm³/mol. The number of ether oxygens (including phenoxy) is 3. The van der Waals surface area contributed by atoms with Gasteiger partial charge in [0, 0.05) is 11.8 Å². The first-order valence-corrected chi connectivity index (χ1v) is 7.14. The lowest BCUT2D eigenvalue weighted by Crippen LogP contribution is -2.14. The average Bonchev–Trinajstić information content (AvgIpc) is 2.99. The molecule has 7 heteroatoms. The number of ketones is 1. The number of nitrogens with zero attached hydrogens (tertiary/aromatic N) is 1. The summed E-state index contributed by atoms with van der Waals surface area (Å²) in [6.45, 7) is -0.211. The van der Waals surface area contributed by atoms with Crippen LogP contribution in [0.25, 0.3) is 0 Å². The number of carbonyl (C=O) groups excluding carboxylic acids is 2. The molecule has 1 aromatic carbocycles. The maximum Gasteiger partial charge on any atom is 0.338 e. The second kappa shape index (κ2) is 6.15. The van der Waals surface area contributed by atoms with Gasteiger partial charge in [-0.05, 0) is 46.3 Å². The molecule has 0 amide bonds. The van der Waals surface area contributed by atoms with Crippen molar-refractivity contribution < 1.29 is 23.8 Å². The summed E-state index contributed by atoms with van der Waals surface area (Å²) in [5.74, 6) is 0.197. The number of pyridine rings is 1. The van der Waals surface area contributed by atoms with Crippen molar-refractivity contribution in [3.63, 3.8) is 0 Å². The summed E-state index contributed by atoms with van der Waals surface area (Å²) in [6, 6.07) is 7.86. The molecule has 0 aliphatic carbocycles. The molecule has 2 heterocycles. The van der Waals surface area contributed by atoms with Gasteiger partial charge in [0.1, 0.15) is 4.60 Å². The van der Waals surface area contributed by atoms with Gasteiger partial charge in [-0.1, -0.05) is 0 Å². The molecule has 0 radical (unpaired) electrons. The van der Waals surface area contributed by atoms with Crippen LogP contribution in [0.4, 0.5) is 0 Å². The summed E-state index contributed by atoms with van der Waals surface area (Å²) in [4.78, 5) is 27.8. The Morgan fingerprint density at radius 3 is 2.77 bits per heavy atom. The number of halogens is 1. The van der Waals surface area contributed by atoms with Gasteiger partial charge in [0.15, 0.2) is 23.9 Å². The lowest BCUT2D eigenvalue weighted by molar-refractivity contribution is 0.0474. The Morgan fingerprint density at radius 2 is 1.95 bits per heavy atom. The fourth-order valence-corrected chi connectivity index (χ4v) is 2.26. The van der Waals surface area contributed by atoms with E-state index < -0.39 is 5.97 Å². The van der Waals surface area contributed by atoms with Crippen molar-refractivity contribution in [2.45, 2.75) is 0 Å². The van der Waals surface area contributed by atoms with Crippen molar-refractivity contribution in [3.8, 4) is 11.5 Å². The minimum absolute atomic E-state index is 0.138. The number of hydrogen-bond donors (Lipinski definition) is 0. The monoisotopic (exact) mass is 363 g/mol. The molecular formula is C15H10BrNO5. The lowest BCUT2D eigenvalue weighted by atomic mass is 10.1.